The van der Waals surface area contributed by atoms with Gasteiger partial charge in [0.2, 0.25) is 5.91 Å². The first-order valence-corrected chi connectivity index (χ1v) is 9.93. The first-order valence-electron chi connectivity index (χ1n) is 9.93. The quantitative estimate of drug-likeness (QED) is 0.680. The molecule has 2 aliphatic heterocycles. The van der Waals surface area contributed by atoms with Gasteiger partial charge in [0.1, 0.15) is 11.6 Å². The van der Waals surface area contributed by atoms with E-state index in [1.54, 1.807) is 29.7 Å². The van der Waals surface area contributed by atoms with Gasteiger partial charge in [-0.1, -0.05) is 6.07 Å². The largest absolute Gasteiger partial charge is 0.336 e. The topological polar surface area (TPSA) is 84.2 Å². The summed E-state index contributed by atoms with van der Waals surface area (Å²) in [5, 5.41) is 0. The lowest BCUT2D eigenvalue weighted by Crippen LogP contribution is -2.60. The molecule has 0 spiro atoms. The van der Waals surface area contributed by atoms with Gasteiger partial charge in [-0.05, 0) is 37.5 Å². The Labute approximate surface area is 168 Å². The highest BCUT2D eigenvalue weighted by molar-refractivity contribution is 5.99. The van der Waals surface area contributed by atoms with Gasteiger partial charge >= 0.3 is 0 Å². The van der Waals surface area contributed by atoms with Crippen LogP contribution in [0.1, 0.15) is 35.7 Å². The van der Waals surface area contributed by atoms with Gasteiger partial charge in [0.15, 0.2) is 5.65 Å². The third-order valence-corrected chi connectivity index (χ3v) is 5.93. The van der Waals surface area contributed by atoms with E-state index in [0.29, 0.717) is 24.2 Å². The van der Waals surface area contributed by atoms with Crippen LogP contribution < -0.4 is 0 Å². The van der Waals surface area contributed by atoms with Crippen molar-refractivity contribution in [1.82, 2.24) is 29.3 Å². The smallest absolute Gasteiger partial charge is 0.256 e. The van der Waals surface area contributed by atoms with Crippen molar-refractivity contribution in [2.24, 2.45) is 0 Å². The number of aromatic nitrogens is 4. The van der Waals surface area contributed by atoms with Crippen molar-refractivity contribution < 1.29 is 9.59 Å². The summed E-state index contributed by atoms with van der Waals surface area (Å²) < 4.78 is 1.93. The predicted molar refractivity (Wildman–Crippen MR) is 106 cm³/mol. The molecule has 148 valence electrons. The highest BCUT2D eigenvalue weighted by Gasteiger charge is 2.42. The SMILES string of the molecule is C[C@@H]1C(=O)N2CCC[C@H]2CN1C(=O)c1cnc2c(c1)ncn2Cc1cccnc1. The normalized spacial score (nSPS) is 21.6. The Kier molecular flexibility index (Phi) is 4.26. The average Bonchev–Trinajstić information content (AvgIpc) is 3.38. The first-order chi connectivity index (χ1) is 14.1. The summed E-state index contributed by atoms with van der Waals surface area (Å²) in [4.78, 5) is 42.5. The minimum absolute atomic E-state index is 0.0434. The molecule has 2 fully saturated rings. The Morgan fingerprint density at radius 1 is 1.28 bits per heavy atom. The number of nitrogens with zero attached hydrogens (tertiary/aromatic N) is 6. The summed E-state index contributed by atoms with van der Waals surface area (Å²) in [6.45, 7) is 3.81. The number of amides is 2. The predicted octanol–water partition coefficient (Wildman–Crippen LogP) is 1.71. The molecule has 2 amide bonds. The summed E-state index contributed by atoms with van der Waals surface area (Å²) in [6, 6.07) is 5.35. The zero-order valence-electron chi connectivity index (χ0n) is 16.2. The summed E-state index contributed by atoms with van der Waals surface area (Å²) in [5.41, 5.74) is 2.90. The number of carbonyl (C=O) groups excluding carboxylic acids is 2. The molecule has 2 aliphatic rings. The molecule has 8 nitrogen and oxygen atoms in total. The Bertz CT molecular complexity index is 1080. The number of hydrogen-bond donors (Lipinski definition) is 0. The third-order valence-electron chi connectivity index (χ3n) is 5.93. The van der Waals surface area contributed by atoms with Crippen molar-refractivity contribution >= 4 is 23.0 Å². The Morgan fingerprint density at radius 2 is 2.17 bits per heavy atom. The molecule has 0 bridgehead atoms. The van der Waals surface area contributed by atoms with Gasteiger partial charge in [0, 0.05) is 37.7 Å². The molecule has 5 heterocycles. The number of piperazine rings is 1. The number of carbonyl (C=O) groups is 2. The second-order valence-corrected chi connectivity index (χ2v) is 7.76. The van der Waals surface area contributed by atoms with Crippen LogP contribution >= 0.6 is 0 Å². The Balaban J connectivity index is 1.40. The minimum Gasteiger partial charge on any atom is -0.336 e. The van der Waals surface area contributed by atoms with Gasteiger partial charge in [0.05, 0.1) is 18.4 Å². The molecule has 2 saturated heterocycles. The van der Waals surface area contributed by atoms with Gasteiger partial charge in [-0.3, -0.25) is 14.6 Å². The van der Waals surface area contributed by atoms with Crippen molar-refractivity contribution in [3.05, 3.63) is 54.2 Å². The van der Waals surface area contributed by atoms with Crippen LogP contribution in [0.4, 0.5) is 0 Å². The van der Waals surface area contributed by atoms with Gasteiger partial charge in [-0.25, -0.2) is 9.97 Å². The maximum Gasteiger partial charge on any atom is 0.256 e. The number of rotatable bonds is 3. The number of hydrogen-bond acceptors (Lipinski definition) is 5. The average molecular weight is 390 g/mol. The third kappa shape index (κ3) is 3.04. The zero-order valence-corrected chi connectivity index (χ0v) is 16.2. The van der Waals surface area contributed by atoms with Crippen LogP contribution in [0.5, 0.6) is 0 Å². The lowest BCUT2D eigenvalue weighted by Gasteiger charge is -2.41. The molecule has 0 N–H and O–H groups in total. The first kappa shape index (κ1) is 17.8. The molecular formula is C21H22N6O2. The van der Waals surface area contributed by atoms with E-state index in [1.165, 1.54) is 0 Å². The van der Waals surface area contributed by atoms with Crippen molar-refractivity contribution in [3.63, 3.8) is 0 Å². The Morgan fingerprint density at radius 3 is 3.00 bits per heavy atom. The molecule has 5 rings (SSSR count). The fourth-order valence-electron chi connectivity index (χ4n) is 4.37. The maximum atomic E-state index is 13.2. The van der Waals surface area contributed by atoms with E-state index in [0.717, 1.165) is 30.6 Å². The van der Waals surface area contributed by atoms with Crippen LogP contribution in [-0.2, 0) is 11.3 Å². The van der Waals surface area contributed by atoms with Crippen molar-refractivity contribution in [2.75, 3.05) is 13.1 Å². The summed E-state index contributed by atoms with van der Waals surface area (Å²) in [5.74, 6) is -0.115. The second kappa shape index (κ2) is 6.95. The van der Waals surface area contributed by atoms with Crippen LogP contribution in [0.3, 0.4) is 0 Å². The molecule has 8 heteroatoms. The molecule has 2 atom stereocenters. The van der Waals surface area contributed by atoms with Gasteiger partial charge < -0.3 is 14.4 Å². The van der Waals surface area contributed by atoms with E-state index >= 15 is 0 Å². The van der Waals surface area contributed by atoms with E-state index in [2.05, 4.69) is 15.0 Å². The monoisotopic (exact) mass is 390 g/mol. The molecule has 29 heavy (non-hydrogen) atoms. The molecule has 0 radical (unpaired) electrons. The lowest BCUT2D eigenvalue weighted by atomic mass is 10.1. The molecular weight excluding hydrogens is 368 g/mol. The summed E-state index contributed by atoms with van der Waals surface area (Å²) in [6.07, 6.45) is 8.82. The minimum atomic E-state index is -0.448. The van der Waals surface area contributed by atoms with Crippen LogP contribution in [0, 0.1) is 0 Å². The molecule has 0 aromatic carbocycles. The highest BCUT2D eigenvalue weighted by Crippen LogP contribution is 2.27. The molecule has 0 saturated carbocycles. The van der Waals surface area contributed by atoms with E-state index in [9.17, 15) is 9.59 Å². The van der Waals surface area contributed by atoms with E-state index in [4.69, 9.17) is 0 Å². The van der Waals surface area contributed by atoms with E-state index in [-0.39, 0.29) is 17.9 Å². The van der Waals surface area contributed by atoms with Crippen LogP contribution in [0.15, 0.2) is 43.1 Å². The number of fused-ring (bicyclic) bond motifs is 2. The fraction of sp³-hybridized carbons (Fsp3) is 0.381. The van der Waals surface area contributed by atoms with Crippen molar-refractivity contribution in [2.45, 2.75) is 38.4 Å². The molecule has 0 aliphatic carbocycles. The van der Waals surface area contributed by atoms with Crippen molar-refractivity contribution in [1.29, 1.82) is 0 Å². The van der Waals surface area contributed by atoms with Gasteiger partial charge in [-0.2, -0.15) is 0 Å². The van der Waals surface area contributed by atoms with E-state index in [1.807, 2.05) is 34.7 Å². The van der Waals surface area contributed by atoms with Crippen molar-refractivity contribution in [3.8, 4) is 0 Å². The van der Waals surface area contributed by atoms with Gasteiger partial charge in [-0.15, -0.1) is 0 Å². The van der Waals surface area contributed by atoms with E-state index < -0.39 is 6.04 Å². The number of pyridine rings is 2. The standard InChI is InChI=1S/C21H22N6O2/c1-14-20(28)26-7-3-5-17(26)12-27(14)21(29)16-8-18-19(23-10-16)25(13-24-18)11-15-4-2-6-22-9-15/h2,4,6,8-10,13-14,17H,3,5,7,11-12H2,1H3/t14-,17+/m1/s1. The molecule has 3 aromatic rings. The van der Waals surface area contributed by atoms with Crippen LogP contribution in [0.25, 0.3) is 11.2 Å². The zero-order chi connectivity index (χ0) is 20.0. The lowest BCUT2D eigenvalue weighted by molar-refractivity contribution is -0.141. The van der Waals surface area contributed by atoms with Crippen LogP contribution in [-0.4, -0.2) is 66.3 Å². The maximum absolute atomic E-state index is 13.2. The summed E-state index contributed by atoms with van der Waals surface area (Å²) in [7, 11) is 0. The van der Waals surface area contributed by atoms with Crippen LogP contribution in [0.2, 0.25) is 0 Å². The molecule has 3 aromatic heterocycles. The second-order valence-electron chi connectivity index (χ2n) is 7.76. The molecule has 0 unspecified atom stereocenters. The summed E-state index contributed by atoms with van der Waals surface area (Å²) >= 11 is 0. The Hall–Kier alpha value is -3.29. The fourth-order valence-corrected chi connectivity index (χ4v) is 4.37. The highest BCUT2D eigenvalue weighted by atomic mass is 16.2. The number of imidazole rings is 1. The van der Waals surface area contributed by atoms with Gasteiger partial charge in [0.25, 0.3) is 5.91 Å².